The highest BCUT2D eigenvalue weighted by Gasteiger charge is 1.99. The Kier molecular flexibility index (Phi) is 6.74. The molecule has 1 heteroatoms. The van der Waals surface area contributed by atoms with Crippen LogP contribution in [0.1, 0.15) is 57.1 Å². The predicted octanol–water partition coefficient (Wildman–Crippen LogP) is 5.03. The highest BCUT2D eigenvalue weighted by Crippen LogP contribution is 2.16. The minimum atomic E-state index is 0.377. The number of benzene rings is 1. The molecule has 1 atom stereocenters. The quantitative estimate of drug-likeness (QED) is 0.613. The first-order chi connectivity index (χ1) is 8.63. The van der Waals surface area contributed by atoms with Crippen molar-refractivity contribution in [2.24, 2.45) is 0 Å². The van der Waals surface area contributed by atoms with Crippen molar-refractivity contribution in [1.82, 2.24) is 0 Å². The first-order valence-corrected chi connectivity index (χ1v) is 6.92. The molecule has 0 aromatic heterocycles. The largest absolute Gasteiger partial charge is 0.382 e. The van der Waals surface area contributed by atoms with E-state index >= 15 is 0 Å². The van der Waals surface area contributed by atoms with E-state index in [2.05, 4.69) is 57.2 Å². The molecule has 1 rings (SSSR count). The van der Waals surface area contributed by atoms with Gasteiger partial charge < -0.3 is 4.74 Å². The minimum Gasteiger partial charge on any atom is -0.382 e. The van der Waals surface area contributed by atoms with Gasteiger partial charge in [-0.05, 0) is 43.2 Å². The van der Waals surface area contributed by atoms with Gasteiger partial charge in [-0.25, -0.2) is 0 Å². The van der Waals surface area contributed by atoms with E-state index in [-0.39, 0.29) is 0 Å². The van der Waals surface area contributed by atoms with Crippen molar-refractivity contribution in [3.05, 3.63) is 41.5 Å². The Morgan fingerprint density at radius 1 is 1.22 bits per heavy atom. The summed E-state index contributed by atoms with van der Waals surface area (Å²) in [5.41, 5.74) is 2.71. The zero-order valence-electron chi connectivity index (χ0n) is 12.1. The third-order valence-electron chi connectivity index (χ3n) is 3.27. The molecule has 1 nitrogen and oxygen atoms in total. The Balaban J connectivity index is 2.40. The van der Waals surface area contributed by atoms with Crippen LogP contribution in [0.3, 0.4) is 0 Å². The van der Waals surface area contributed by atoms with Gasteiger partial charge in [0, 0.05) is 7.11 Å². The molecule has 0 saturated carbocycles. The van der Waals surface area contributed by atoms with E-state index in [1.165, 1.54) is 17.5 Å². The van der Waals surface area contributed by atoms with Crippen LogP contribution in [-0.4, -0.2) is 13.2 Å². The first-order valence-electron chi connectivity index (χ1n) is 6.92. The van der Waals surface area contributed by atoms with Crippen molar-refractivity contribution >= 4 is 6.08 Å². The summed E-state index contributed by atoms with van der Waals surface area (Å²) in [5.74, 6) is 0.598. The highest BCUT2D eigenvalue weighted by molar-refractivity contribution is 5.50. The summed E-state index contributed by atoms with van der Waals surface area (Å²) >= 11 is 0. The zero-order valence-corrected chi connectivity index (χ0v) is 12.1. The fraction of sp³-hybridized carbons (Fsp3) is 0.529. The smallest absolute Gasteiger partial charge is 0.0543 e. The number of hydrogen-bond acceptors (Lipinski definition) is 1. The minimum absolute atomic E-state index is 0.377. The van der Waals surface area contributed by atoms with Crippen LogP contribution in [0.2, 0.25) is 0 Å². The molecule has 1 aromatic rings. The van der Waals surface area contributed by atoms with E-state index in [1.807, 2.05) is 0 Å². The van der Waals surface area contributed by atoms with E-state index in [0.29, 0.717) is 12.0 Å². The van der Waals surface area contributed by atoms with Crippen LogP contribution >= 0.6 is 0 Å². The summed E-state index contributed by atoms with van der Waals surface area (Å²) in [6.45, 7) is 6.58. The number of methoxy groups -OCH3 is 1. The second kappa shape index (κ2) is 8.10. The second-order valence-electron chi connectivity index (χ2n) is 5.20. The fourth-order valence-corrected chi connectivity index (χ4v) is 1.88. The SMILES string of the molecule is CO[C@H](C)CCC/C=C/c1cccc(C(C)C)c1. The molecule has 0 bridgehead atoms. The third kappa shape index (κ3) is 5.50. The number of rotatable bonds is 7. The van der Waals surface area contributed by atoms with Crippen LogP contribution < -0.4 is 0 Å². The van der Waals surface area contributed by atoms with Crippen LogP contribution in [0.25, 0.3) is 6.08 Å². The summed E-state index contributed by atoms with van der Waals surface area (Å²) in [4.78, 5) is 0. The van der Waals surface area contributed by atoms with Gasteiger partial charge in [-0.1, -0.05) is 50.3 Å². The van der Waals surface area contributed by atoms with Gasteiger partial charge in [-0.3, -0.25) is 0 Å². The molecule has 100 valence electrons. The average molecular weight is 246 g/mol. The Hall–Kier alpha value is -1.08. The zero-order chi connectivity index (χ0) is 13.4. The van der Waals surface area contributed by atoms with Crippen LogP contribution in [0.15, 0.2) is 30.3 Å². The second-order valence-corrected chi connectivity index (χ2v) is 5.20. The lowest BCUT2D eigenvalue weighted by Gasteiger charge is -2.07. The van der Waals surface area contributed by atoms with Crippen molar-refractivity contribution in [1.29, 1.82) is 0 Å². The molecule has 0 spiro atoms. The number of hydrogen-bond donors (Lipinski definition) is 0. The van der Waals surface area contributed by atoms with Crippen LogP contribution in [0, 0.1) is 0 Å². The number of allylic oxidation sites excluding steroid dienone is 1. The van der Waals surface area contributed by atoms with Crippen molar-refractivity contribution in [2.45, 2.75) is 52.1 Å². The van der Waals surface area contributed by atoms with Crippen molar-refractivity contribution in [2.75, 3.05) is 7.11 Å². The Labute approximate surface area is 112 Å². The molecule has 1 aromatic carbocycles. The molecule has 0 aliphatic carbocycles. The van der Waals surface area contributed by atoms with Gasteiger partial charge in [0.2, 0.25) is 0 Å². The lowest BCUT2D eigenvalue weighted by Crippen LogP contribution is -2.03. The highest BCUT2D eigenvalue weighted by atomic mass is 16.5. The molecule has 0 radical (unpaired) electrons. The van der Waals surface area contributed by atoms with Gasteiger partial charge in [0.25, 0.3) is 0 Å². The molecular formula is C17H26O. The Morgan fingerprint density at radius 2 is 2.00 bits per heavy atom. The van der Waals surface area contributed by atoms with Gasteiger partial charge >= 0.3 is 0 Å². The molecule has 18 heavy (non-hydrogen) atoms. The Morgan fingerprint density at radius 3 is 2.67 bits per heavy atom. The van der Waals surface area contributed by atoms with Crippen LogP contribution in [0.4, 0.5) is 0 Å². The van der Waals surface area contributed by atoms with Gasteiger partial charge in [0.1, 0.15) is 0 Å². The summed E-state index contributed by atoms with van der Waals surface area (Å²) in [5, 5.41) is 0. The van der Waals surface area contributed by atoms with E-state index in [9.17, 15) is 0 Å². The molecule has 0 aliphatic rings. The molecular weight excluding hydrogens is 220 g/mol. The van der Waals surface area contributed by atoms with Gasteiger partial charge in [0.05, 0.1) is 6.10 Å². The summed E-state index contributed by atoms with van der Waals surface area (Å²) < 4.78 is 5.23. The fourth-order valence-electron chi connectivity index (χ4n) is 1.88. The summed E-state index contributed by atoms with van der Waals surface area (Å²) in [7, 11) is 1.78. The molecule has 0 fully saturated rings. The van der Waals surface area contributed by atoms with E-state index in [4.69, 9.17) is 4.74 Å². The van der Waals surface area contributed by atoms with Crippen molar-refractivity contribution in [3.63, 3.8) is 0 Å². The van der Waals surface area contributed by atoms with Crippen molar-refractivity contribution < 1.29 is 4.74 Å². The monoisotopic (exact) mass is 246 g/mol. The maximum absolute atomic E-state index is 5.23. The maximum atomic E-state index is 5.23. The number of unbranched alkanes of at least 4 members (excludes halogenated alkanes) is 1. The molecule has 0 aliphatic heterocycles. The van der Waals surface area contributed by atoms with Crippen LogP contribution in [-0.2, 0) is 4.74 Å². The van der Waals surface area contributed by atoms with Gasteiger partial charge in [-0.15, -0.1) is 0 Å². The summed E-state index contributed by atoms with van der Waals surface area (Å²) in [6.07, 6.45) is 8.31. The maximum Gasteiger partial charge on any atom is 0.0543 e. The Bertz CT molecular complexity index is 366. The van der Waals surface area contributed by atoms with Gasteiger partial charge in [-0.2, -0.15) is 0 Å². The van der Waals surface area contributed by atoms with Crippen molar-refractivity contribution in [3.8, 4) is 0 Å². The van der Waals surface area contributed by atoms with Crippen LogP contribution in [0.5, 0.6) is 0 Å². The lowest BCUT2D eigenvalue weighted by atomic mass is 10.0. The third-order valence-corrected chi connectivity index (χ3v) is 3.27. The molecule has 0 heterocycles. The standard InChI is InChI=1S/C17H26O/c1-14(2)17-12-8-11-16(13-17)10-7-5-6-9-15(3)18-4/h7-8,10-15H,5-6,9H2,1-4H3/b10-7+/t15-/m1/s1. The van der Waals surface area contributed by atoms with Gasteiger partial charge in [0.15, 0.2) is 0 Å². The number of ether oxygens (including phenoxy) is 1. The normalized spacial score (nSPS) is 13.4. The van der Waals surface area contributed by atoms with E-state index in [1.54, 1.807) is 7.11 Å². The predicted molar refractivity (Wildman–Crippen MR) is 79.9 cm³/mol. The average Bonchev–Trinajstić information content (AvgIpc) is 2.38. The molecule has 0 unspecified atom stereocenters. The summed E-state index contributed by atoms with van der Waals surface area (Å²) in [6, 6.07) is 8.78. The first kappa shape index (κ1) is 15.0. The topological polar surface area (TPSA) is 9.23 Å². The van der Waals surface area contributed by atoms with E-state index < -0.39 is 0 Å². The molecule has 0 saturated heterocycles. The molecule has 0 amide bonds. The lowest BCUT2D eigenvalue weighted by molar-refractivity contribution is 0.109. The van der Waals surface area contributed by atoms with E-state index in [0.717, 1.165) is 12.8 Å². The molecule has 0 N–H and O–H groups in total.